The standard InChI is InChI=1S/C19H21ClN2O3S/c1-21(2)26(24,25)13-19(23)22-12-16-10-17(20)9-8-15(16)11-18(22)14-6-4-3-5-7-14/h3-10,18H,11-13H2,1-2H3. The molecule has 1 aliphatic rings. The highest BCUT2D eigenvalue weighted by Crippen LogP contribution is 2.34. The van der Waals surface area contributed by atoms with E-state index in [1.807, 2.05) is 48.5 Å². The van der Waals surface area contributed by atoms with E-state index >= 15 is 0 Å². The maximum absolute atomic E-state index is 12.9. The van der Waals surface area contributed by atoms with Crippen molar-refractivity contribution < 1.29 is 13.2 Å². The molecule has 1 atom stereocenters. The van der Waals surface area contributed by atoms with Gasteiger partial charge >= 0.3 is 0 Å². The predicted molar refractivity (Wildman–Crippen MR) is 102 cm³/mol. The number of hydrogen-bond donors (Lipinski definition) is 0. The Hall–Kier alpha value is -1.89. The third-order valence-electron chi connectivity index (χ3n) is 4.67. The van der Waals surface area contributed by atoms with E-state index in [-0.39, 0.29) is 6.04 Å². The Bertz CT molecular complexity index is 914. The molecule has 0 radical (unpaired) electrons. The lowest BCUT2D eigenvalue weighted by Gasteiger charge is -2.37. The summed E-state index contributed by atoms with van der Waals surface area (Å²) in [5, 5.41) is 0.607. The number of benzene rings is 2. The molecular weight excluding hydrogens is 372 g/mol. The van der Waals surface area contributed by atoms with Gasteiger partial charge in [-0.3, -0.25) is 4.79 Å². The molecule has 0 spiro atoms. The third-order valence-corrected chi connectivity index (χ3v) is 6.62. The van der Waals surface area contributed by atoms with Gasteiger partial charge in [0.1, 0.15) is 5.75 Å². The van der Waals surface area contributed by atoms with Crippen molar-refractivity contribution in [1.82, 2.24) is 9.21 Å². The molecule has 5 nitrogen and oxygen atoms in total. The Balaban J connectivity index is 1.97. The molecule has 2 aromatic carbocycles. The lowest BCUT2D eigenvalue weighted by atomic mass is 9.90. The van der Waals surface area contributed by atoms with Crippen LogP contribution in [0, 0.1) is 0 Å². The van der Waals surface area contributed by atoms with Gasteiger partial charge < -0.3 is 4.90 Å². The molecule has 0 N–H and O–H groups in total. The fourth-order valence-electron chi connectivity index (χ4n) is 3.16. The van der Waals surface area contributed by atoms with Crippen molar-refractivity contribution in [2.24, 2.45) is 0 Å². The fourth-order valence-corrected chi connectivity index (χ4v) is 4.09. The summed E-state index contributed by atoms with van der Waals surface area (Å²) in [7, 11) is -0.756. The second-order valence-corrected chi connectivity index (χ2v) is 9.22. The van der Waals surface area contributed by atoms with Crippen molar-refractivity contribution in [2.75, 3.05) is 19.8 Å². The van der Waals surface area contributed by atoms with Crippen LogP contribution in [0.3, 0.4) is 0 Å². The Kier molecular flexibility index (Phi) is 5.37. The van der Waals surface area contributed by atoms with E-state index in [4.69, 9.17) is 11.6 Å². The van der Waals surface area contributed by atoms with E-state index in [2.05, 4.69) is 0 Å². The van der Waals surface area contributed by atoms with Crippen molar-refractivity contribution in [3.8, 4) is 0 Å². The first-order valence-corrected chi connectivity index (χ1v) is 10.3. The molecular formula is C19H21ClN2O3S. The number of amides is 1. The van der Waals surface area contributed by atoms with Crippen LogP contribution in [0.5, 0.6) is 0 Å². The summed E-state index contributed by atoms with van der Waals surface area (Å²) in [5.41, 5.74) is 3.08. The summed E-state index contributed by atoms with van der Waals surface area (Å²) in [6.07, 6.45) is 0.629. The average molecular weight is 393 g/mol. The maximum Gasteiger partial charge on any atom is 0.240 e. The highest BCUT2D eigenvalue weighted by Gasteiger charge is 2.33. The zero-order valence-corrected chi connectivity index (χ0v) is 16.3. The van der Waals surface area contributed by atoms with E-state index in [1.54, 1.807) is 4.90 Å². The maximum atomic E-state index is 12.9. The topological polar surface area (TPSA) is 57.7 Å². The zero-order chi connectivity index (χ0) is 18.9. The minimum atomic E-state index is -3.62. The predicted octanol–water partition coefficient (Wildman–Crippen LogP) is 2.86. The third kappa shape index (κ3) is 3.92. The van der Waals surface area contributed by atoms with Crippen LogP contribution in [-0.2, 0) is 27.8 Å². The van der Waals surface area contributed by atoms with Gasteiger partial charge in [-0.2, -0.15) is 0 Å². The van der Waals surface area contributed by atoms with Crippen molar-refractivity contribution in [1.29, 1.82) is 0 Å². The van der Waals surface area contributed by atoms with E-state index in [9.17, 15) is 13.2 Å². The van der Waals surface area contributed by atoms with Gasteiger partial charge in [0.15, 0.2) is 0 Å². The summed E-state index contributed by atoms with van der Waals surface area (Å²) in [6.45, 7) is 0.344. The van der Waals surface area contributed by atoms with Crippen LogP contribution in [0.25, 0.3) is 0 Å². The number of halogens is 1. The molecule has 0 saturated heterocycles. The van der Waals surface area contributed by atoms with Crippen molar-refractivity contribution >= 4 is 27.5 Å². The molecule has 26 heavy (non-hydrogen) atoms. The van der Waals surface area contributed by atoms with Crippen LogP contribution in [-0.4, -0.2) is 43.4 Å². The minimum absolute atomic E-state index is 0.199. The smallest absolute Gasteiger partial charge is 0.240 e. The van der Waals surface area contributed by atoms with Gasteiger partial charge in [-0.05, 0) is 35.2 Å². The second kappa shape index (κ2) is 7.39. The van der Waals surface area contributed by atoms with Crippen molar-refractivity contribution in [3.05, 3.63) is 70.2 Å². The van der Waals surface area contributed by atoms with Crippen LogP contribution in [0.1, 0.15) is 22.7 Å². The molecule has 0 fully saturated rings. The molecule has 0 saturated carbocycles. The molecule has 1 heterocycles. The SMILES string of the molecule is CN(C)S(=O)(=O)CC(=O)N1Cc2cc(Cl)ccc2CC1c1ccccc1. The second-order valence-electron chi connectivity index (χ2n) is 6.60. The van der Waals surface area contributed by atoms with Gasteiger partial charge in [0.25, 0.3) is 0 Å². The first kappa shape index (κ1) is 18.9. The summed E-state index contributed by atoms with van der Waals surface area (Å²) in [5.74, 6) is -0.947. The van der Waals surface area contributed by atoms with Crippen LogP contribution >= 0.6 is 11.6 Å². The lowest BCUT2D eigenvalue weighted by molar-refractivity contribution is -0.132. The van der Waals surface area contributed by atoms with Crippen LogP contribution < -0.4 is 0 Å². The zero-order valence-electron chi connectivity index (χ0n) is 14.7. The first-order valence-electron chi connectivity index (χ1n) is 8.30. The minimum Gasteiger partial charge on any atom is -0.330 e. The number of sulfonamides is 1. The first-order chi connectivity index (χ1) is 12.3. The van der Waals surface area contributed by atoms with Gasteiger partial charge in [-0.1, -0.05) is 48.0 Å². The number of hydrogen-bond acceptors (Lipinski definition) is 3. The molecule has 0 bridgehead atoms. The Morgan fingerprint density at radius 3 is 2.50 bits per heavy atom. The molecule has 1 unspecified atom stereocenters. The van der Waals surface area contributed by atoms with Gasteiger partial charge in [-0.15, -0.1) is 0 Å². The van der Waals surface area contributed by atoms with E-state index in [0.717, 1.165) is 21.0 Å². The number of nitrogens with zero attached hydrogens (tertiary/aromatic N) is 2. The number of fused-ring (bicyclic) bond motifs is 1. The van der Waals surface area contributed by atoms with Crippen LogP contribution in [0.4, 0.5) is 0 Å². The Labute approximate surface area is 159 Å². The molecule has 0 aliphatic carbocycles. The average Bonchev–Trinajstić information content (AvgIpc) is 2.60. The summed E-state index contributed by atoms with van der Waals surface area (Å²) < 4.78 is 25.4. The molecule has 1 amide bonds. The van der Waals surface area contributed by atoms with Crippen LogP contribution in [0.2, 0.25) is 5.02 Å². The summed E-state index contributed by atoms with van der Waals surface area (Å²) in [6, 6.07) is 15.2. The highest BCUT2D eigenvalue weighted by molar-refractivity contribution is 7.89. The molecule has 1 aliphatic heterocycles. The van der Waals surface area contributed by atoms with E-state index in [1.165, 1.54) is 14.1 Å². The molecule has 3 rings (SSSR count). The Morgan fingerprint density at radius 1 is 1.15 bits per heavy atom. The monoisotopic (exact) mass is 392 g/mol. The number of carbonyl (C=O) groups excluding carboxylic acids is 1. The lowest BCUT2D eigenvalue weighted by Crippen LogP contribution is -2.43. The van der Waals surface area contributed by atoms with Crippen molar-refractivity contribution in [2.45, 2.75) is 19.0 Å². The van der Waals surface area contributed by atoms with Gasteiger partial charge in [0.2, 0.25) is 15.9 Å². The summed E-state index contributed by atoms with van der Waals surface area (Å²) in [4.78, 5) is 14.5. The highest BCUT2D eigenvalue weighted by atomic mass is 35.5. The molecule has 138 valence electrons. The van der Waals surface area contributed by atoms with E-state index in [0.29, 0.717) is 18.0 Å². The van der Waals surface area contributed by atoms with E-state index < -0.39 is 21.7 Å². The Morgan fingerprint density at radius 2 is 1.85 bits per heavy atom. The van der Waals surface area contributed by atoms with Gasteiger partial charge in [0.05, 0.1) is 6.04 Å². The number of rotatable bonds is 4. The van der Waals surface area contributed by atoms with Crippen LogP contribution in [0.15, 0.2) is 48.5 Å². The summed E-state index contributed by atoms with van der Waals surface area (Å²) >= 11 is 6.10. The molecule has 2 aromatic rings. The molecule has 7 heteroatoms. The molecule has 0 aromatic heterocycles. The van der Waals surface area contributed by atoms with Gasteiger partial charge in [-0.25, -0.2) is 12.7 Å². The fraction of sp³-hybridized carbons (Fsp3) is 0.316. The number of carbonyl (C=O) groups is 1. The van der Waals surface area contributed by atoms with Crippen molar-refractivity contribution in [3.63, 3.8) is 0 Å². The quantitative estimate of drug-likeness (QED) is 0.803. The largest absolute Gasteiger partial charge is 0.330 e. The normalized spacial score (nSPS) is 17.2. The van der Waals surface area contributed by atoms with Gasteiger partial charge in [0, 0.05) is 25.7 Å².